The van der Waals surface area contributed by atoms with E-state index < -0.39 is 0 Å². The summed E-state index contributed by atoms with van der Waals surface area (Å²) in [6, 6.07) is 5.87. The number of hydrogen-bond donors (Lipinski definition) is 1. The summed E-state index contributed by atoms with van der Waals surface area (Å²) in [5, 5.41) is 0. The Hall–Kier alpha value is -1.17. The molecular formula is C16H25BN2O2. The van der Waals surface area contributed by atoms with Crippen LogP contribution in [0.4, 0.5) is 0 Å². The van der Waals surface area contributed by atoms with Gasteiger partial charge in [0.2, 0.25) is 0 Å². The van der Waals surface area contributed by atoms with E-state index in [9.17, 15) is 0 Å². The Kier molecular flexibility index (Phi) is 4.56. The fourth-order valence-electron chi connectivity index (χ4n) is 2.12. The van der Waals surface area contributed by atoms with Gasteiger partial charge in [0.25, 0.3) is 0 Å². The van der Waals surface area contributed by atoms with Crippen LogP contribution in [0, 0.1) is 0 Å². The molecule has 1 fully saturated rings. The highest BCUT2D eigenvalue weighted by Crippen LogP contribution is 2.36. The van der Waals surface area contributed by atoms with Crippen LogP contribution < -0.4 is 5.73 Å². The molecule has 0 unspecified atom stereocenters. The van der Waals surface area contributed by atoms with Gasteiger partial charge < -0.3 is 15.0 Å². The van der Waals surface area contributed by atoms with Crippen molar-refractivity contribution in [2.45, 2.75) is 58.3 Å². The van der Waals surface area contributed by atoms with E-state index in [0.717, 1.165) is 17.8 Å². The van der Waals surface area contributed by atoms with Crippen LogP contribution in [0.2, 0.25) is 0 Å². The average Bonchev–Trinajstić information content (AvgIpc) is 2.64. The molecule has 0 bridgehead atoms. The largest absolute Gasteiger partial charge is 0.487 e. The van der Waals surface area contributed by atoms with Crippen molar-refractivity contribution < 1.29 is 9.31 Å². The lowest BCUT2D eigenvalue weighted by molar-refractivity contribution is 0.00578. The van der Waals surface area contributed by atoms with Crippen molar-refractivity contribution in [1.82, 2.24) is 4.98 Å². The fourth-order valence-corrected chi connectivity index (χ4v) is 2.12. The minimum Gasteiger partial charge on any atom is -0.400 e. The molecule has 2 heterocycles. The molecule has 0 amide bonds. The highest BCUT2D eigenvalue weighted by atomic mass is 16.7. The SMILES string of the molecule is CC[C@@H](N)c1cccc(/C=C/B2OC(C)(C)C(C)(C)O2)n1. The Morgan fingerprint density at radius 1 is 1.24 bits per heavy atom. The van der Waals surface area contributed by atoms with Gasteiger partial charge in [-0.1, -0.05) is 19.0 Å². The summed E-state index contributed by atoms with van der Waals surface area (Å²) in [7, 11) is -0.347. The molecule has 1 aromatic rings. The molecular weight excluding hydrogens is 263 g/mol. The normalized spacial score (nSPS) is 21.9. The molecule has 2 N–H and O–H groups in total. The quantitative estimate of drug-likeness (QED) is 0.865. The smallest absolute Gasteiger partial charge is 0.400 e. The van der Waals surface area contributed by atoms with Gasteiger partial charge in [0.15, 0.2) is 0 Å². The lowest BCUT2D eigenvalue weighted by Crippen LogP contribution is -2.41. The molecule has 0 aromatic carbocycles. The van der Waals surface area contributed by atoms with Crippen molar-refractivity contribution in [3.05, 3.63) is 35.6 Å². The van der Waals surface area contributed by atoms with Crippen LogP contribution in [0.5, 0.6) is 0 Å². The number of aromatic nitrogens is 1. The van der Waals surface area contributed by atoms with E-state index in [2.05, 4.69) is 11.9 Å². The molecule has 0 aliphatic carbocycles. The standard InChI is InChI=1S/C16H25BN2O2/c1-6-13(18)14-9-7-8-12(19-14)10-11-17-20-15(2,3)16(4,5)21-17/h7-11,13H,6,18H2,1-5H3/b11-10+/t13-/m1/s1. The van der Waals surface area contributed by atoms with Gasteiger partial charge >= 0.3 is 7.12 Å². The topological polar surface area (TPSA) is 57.4 Å². The zero-order valence-corrected chi connectivity index (χ0v) is 13.6. The van der Waals surface area contributed by atoms with Crippen molar-refractivity contribution in [2.75, 3.05) is 0 Å². The summed E-state index contributed by atoms with van der Waals surface area (Å²) in [4.78, 5) is 4.55. The molecule has 114 valence electrons. The zero-order valence-electron chi connectivity index (χ0n) is 13.6. The van der Waals surface area contributed by atoms with Crippen molar-refractivity contribution in [2.24, 2.45) is 5.73 Å². The van der Waals surface area contributed by atoms with Gasteiger partial charge in [-0.25, -0.2) is 0 Å². The third-order valence-corrected chi connectivity index (χ3v) is 4.31. The fraction of sp³-hybridized carbons (Fsp3) is 0.562. The van der Waals surface area contributed by atoms with Crippen LogP contribution in [-0.4, -0.2) is 23.3 Å². The van der Waals surface area contributed by atoms with E-state index in [-0.39, 0.29) is 24.4 Å². The molecule has 0 saturated carbocycles. The summed E-state index contributed by atoms with van der Waals surface area (Å²) in [5.74, 6) is 1.90. The van der Waals surface area contributed by atoms with Crippen molar-refractivity contribution in [1.29, 1.82) is 0 Å². The van der Waals surface area contributed by atoms with E-state index >= 15 is 0 Å². The van der Waals surface area contributed by atoms with Gasteiger partial charge in [0.1, 0.15) is 0 Å². The van der Waals surface area contributed by atoms with Gasteiger partial charge in [-0.05, 0) is 52.3 Å². The van der Waals surface area contributed by atoms with Crippen molar-refractivity contribution in [3.8, 4) is 0 Å². The summed E-state index contributed by atoms with van der Waals surface area (Å²) < 4.78 is 11.8. The maximum atomic E-state index is 6.02. The molecule has 21 heavy (non-hydrogen) atoms. The summed E-state index contributed by atoms with van der Waals surface area (Å²) >= 11 is 0. The molecule has 1 aliphatic heterocycles. The minimum atomic E-state index is -0.347. The molecule has 1 saturated heterocycles. The van der Waals surface area contributed by atoms with Gasteiger partial charge in [0, 0.05) is 6.04 Å². The number of hydrogen-bond acceptors (Lipinski definition) is 4. The first kappa shape index (κ1) is 16.2. The third kappa shape index (κ3) is 3.54. The summed E-state index contributed by atoms with van der Waals surface area (Å²) in [6.45, 7) is 10.2. The Morgan fingerprint density at radius 3 is 2.43 bits per heavy atom. The molecule has 1 atom stereocenters. The number of nitrogens with two attached hydrogens (primary N) is 1. The lowest BCUT2D eigenvalue weighted by Gasteiger charge is -2.32. The molecule has 5 heteroatoms. The zero-order chi connectivity index (χ0) is 15.7. The van der Waals surface area contributed by atoms with Gasteiger partial charge in [-0.2, -0.15) is 0 Å². The van der Waals surface area contributed by atoms with Crippen molar-refractivity contribution in [3.63, 3.8) is 0 Å². The van der Waals surface area contributed by atoms with Crippen LogP contribution in [0.3, 0.4) is 0 Å². The van der Waals surface area contributed by atoms with Crippen LogP contribution >= 0.6 is 0 Å². The molecule has 2 rings (SSSR count). The molecule has 0 radical (unpaired) electrons. The van der Waals surface area contributed by atoms with Crippen LogP contribution in [0.1, 0.15) is 58.5 Å². The second kappa shape index (κ2) is 5.91. The first-order valence-electron chi connectivity index (χ1n) is 7.51. The second-order valence-corrected chi connectivity index (χ2v) is 6.49. The van der Waals surface area contributed by atoms with Crippen LogP contribution in [0.15, 0.2) is 24.2 Å². The maximum Gasteiger partial charge on any atom is 0.487 e. The molecule has 0 spiro atoms. The van der Waals surface area contributed by atoms with Crippen molar-refractivity contribution >= 4 is 13.2 Å². The number of pyridine rings is 1. The Labute approximate surface area is 127 Å². The third-order valence-electron chi connectivity index (χ3n) is 4.31. The number of rotatable bonds is 4. The number of nitrogens with zero attached hydrogens (tertiary/aromatic N) is 1. The summed E-state index contributed by atoms with van der Waals surface area (Å²) in [5.41, 5.74) is 7.16. The lowest BCUT2D eigenvalue weighted by atomic mass is 9.89. The highest BCUT2D eigenvalue weighted by Gasteiger charge is 2.49. The molecule has 1 aliphatic rings. The predicted octanol–water partition coefficient (Wildman–Crippen LogP) is 3.14. The van der Waals surface area contributed by atoms with E-state index in [1.165, 1.54) is 0 Å². The monoisotopic (exact) mass is 288 g/mol. The molecule has 1 aromatic heterocycles. The van der Waals surface area contributed by atoms with Gasteiger partial charge in [-0.15, -0.1) is 0 Å². The van der Waals surface area contributed by atoms with E-state index in [4.69, 9.17) is 15.0 Å². The van der Waals surface area contributed by atoms with E-state index in [1.807, 2.05) is 57.9 Å². The second-order valence-electron chi connectivity index (χ2n) is 6.49. The van der Waals surface area contributed by atoms with Gasteiger partial charge in [-0.3, -0.25) is 4.98 Å². The van der Waals surface area contributed by atoms with E-state index in [1.54, 1.807) is 0 Å². The maximum absolute atomic E-state index is 6.02. The minimum absolute atomic E-state index is 0.0183. The Bertz CT molecular complexity index is 513. The van der Waals surface area contributed by atoms with Crippen LogP contribution in [0.25, 0.3) is 6.08 Å². The Morgan fingerprint density at radius 2 is 1.86 bits per heavy atom. The van der Waals surface area contributed by atoms with Gasteiger partial charge in [0.05, 0.1) is 22.6 Å². The average molecular weight is 288 g/mol. The molecule has 4 nitrogen and oxygen atoms in total. The Balaban J connectivity index is 2.09. The summed E-state index contributed by atoms with van der Waals surface area (Å²) in [6.07, 6.45) is 2.80. The van der Waals surface area contributed by atoms with Crippen LogP contribution in [-0.2, 0) is 9.31 Å². The highest BCUT2D eigenvalue weighted by molar-refractivity contribution is 6.52. The first-order valence-corrected chi connectivity index (χ1v) is 7.51. The predicted molar refractivity (Wildman–Crippen MR) is 86.6 cm³/mol. The van der Waals surface area contributed by atoms with E-state index in [0.29, 0.717) is 0 Å². The first-order chi connectivity index (χ1) is 9.75.